The van der Waals surface area contributed by atoms with Crippen LogP contribution in [0.3, 0.4) is 0 Å². The second kappa shape index (κ2) is 10.1. The predicted molar refractivity (Wildman–Crippen MR) is 149 cm³/mol. The fraction of sp³-hybridized carbons (Fsp3) is 0.848. The third-order valence-corrected chi connectivity index (χ3v) is 12.7. The Kier molecular flexibility index (Phi) is 7.40. The second-order valence-electron chi connectivity index (χ2n) is 14.6. The Morgan fingerprint density at radius 1 is 1.03 bits per heavy atom. The van der Waals surface area contributed by atoms with Gasteiger partial charge in [0, 0.05) is 20.5 Å². The molecule has 5 rings (SSSR count). The topological polar surface area (TPSA) is 63.7 Å². The summed E-state index contributed by atoms with van der Waals surface area (Å²) < 4.78 is 5.92. The van der Waals surface area contributed by atoms with Gasteiger partial charge in [-0.2, -0.15) is 0 Å². The lowest BCUT2D eigenvalue weighted by Crippen LogP contribution is -2.61. The minimum atomic E-state index is -0.219. The van der Waals surface area contributed by atoms with Crippen LogP contribution in [0.4, 0.5) is 0 Å². The first-order chi connectivity index (χ1) is 18.0. The monoisotopic (exact) mass is 525 g/mol. The van der Waals surface area contributed by atoms with Crippen LogP contribution in [0, 0.1) is 51.8 Å². The highest BCUT2D eigenvalue weighted by Gasteiger charge is 2.64. The van der Waals surface area contributed by atoms with Gasteiger partial charge < -0.3 is 14.4 Å². The van der Waals surface area contributed by atoms with E-state index in [1.807, 2.05) is 19.0 Å². The molecule has 0 aromatic carbocycles. The van der Waals surface area contributed by atoms with Gasteiger partial charge in [0.05, 0.1) is 11.8 Å². The average Bonchev–Trinajstić information content (AvgIpc) is 2.88. The molecule has 4 fully saturated rings. The van der Waals surface area contributed by atoms with Crippen molar-refractivity contribution >= 4 is 18.2 Å². The van der Waals surface area contributed by atoms with Crippen molar-refractivity contribution < 1.29 is 19.1 Å². The minimum absolute atomic E-state index is 0.0262. The van der Waals surface area contributed by atoms with Gasteiger partial charge in [-0.3, -0.25) is 9.59 Å². The molecule has 5 nitrogen and oxygen atoms in total. The number of ether oxygens (including phenoxy) is 1. The van der Waals surface area contributed by atoms with Crippen molar-refractivity contribution in [3.63, 3.8) is 0 Å². The van der Waals surface area contributed by atoms with E-state index >= 15 is 0 Å². The molecule has 5 aliphatic rings. The molecule has 38 heavy (non-hydrogen) atoms. The number of amides is 1. The standard InChI is InChI=1S/C33H51NO4/c1-21-9-7-16-33(30(37)34(5)6)19-14-25-23(29(21)33)11-12-27-31(3)18-15-26(38-28(36)10-8-20-35)22(2)24(31)13-17-32(25,27)4/h11,20-22,24-27,29H,7-10,12-19H2,1-6H3. The van der Waals surface area contributed by atoms with Crippen molar-refractivity contribution in [1.82, 2.24) is 4.90 Å². The zero-order valence-electron chi connectivity index (χ0n) is 24.8. The number of rotatable bonds is 5. The van der Waals surface area contributed by atoms with Crippen LogP contribution in [0.1, 0.15) is 105 Å². The molecule has 0 aliphatic heterocycles. The van der Waals surface area contributed by atoms with Gasteiger partial charge in [0.2, 0.25) is 5.91 Å². The average molecular weight is 526 g/mol. The van der Waals surface area contributed by atoms with Crippen molar-refractivity contribution in [1.29, 1.82) is 0 Å². The molecule has 1 amide bonds. The number of aldehydes is 1. The van der Waals surface area contributed by atoms with Gasteiger partial charge in [0.25, 0.3) is 0 Å². The summed E-state index contributed by atoms with van der Waals surface area (Å²) >= 11 is 0. The maximum Gasteiger partial charge on any atom is 0.306 e. The fourth-order valence-electron chi connectivity index (χ4n) is 11.1. The Hall–Kier alpha value is -1.65. The molecule has 10 unspecified atom stereocenters. The van der Waals surface area contributed by atoms with Gasteiger partial charge in [0.15, 0.2) is 0 Å². The lowest BCUT2D eigenvalue weighted by molar-refractivity contribution is -0.179. The number of fused-ring (bicyclic) bond motifs is 7. The summed E-state index contributed by atoms with van der Waals surface area (Å²) in [5.41, 5.74) is 1.96. The number of carbonyl (C=O) groups excluding carboxylic acids is 3. The van der Waals surface area contributed by atoms with Crippen LogP contribution in [0.15, 0.2) is 11.6 Å². The van der Waals surface area contributed by atoms with E-state index in [4.69, 9.17) is 4.74 Å². The van der Waals surface area contributed by atoms with Gasteiger partial charge in [-0.05, 0) is 97.7 Å². The highest BCUT2D eigenvalue weighted by Crippen LogP contribution is 2.70. The number of allylic oxidation sites excluding steroid dienone is 2. The SMILES string of the molecule is CC1CCCC2(C(=O)N(C)C)CCC3C(=CCC4C3(C)CCC3C(C)C(OC(=O)CCC=O)CCC34C)C12. The summed E-state index contributed by atoms with van der Waals surface area (Å²) in [4.78, 5) is 38.6. The van der Waals surface area contributed by atoms with E-state index in [0.717, 1.165) is 44.8 Å². The highest BCUT2D eigenvalue weighted by atomic mass is 16.5. The van der Waals surface area contributed by atoms with Crippen LogP contribution in [0.25, 0.3) is 0 Å². The van der Waals surface area contributed by atoms with Crippen molar-refractivity contribution in [2.24, 2.45) is 51.8 Å². The van der Waals surface area contributed by atoms with Crippen LogP contribution in [0.5, 0.6) is 0 Å². The Bertz CT molecular complexity index is 987. The van der Waals surface area contributed by atoms with Crippen LogP contribution < -0.4 is 0 Å². The first-order valence-electron chi connectivity index (χ1n) is 15.5. The summed E-state index contributed by atoms with van der Waals surface area (Å²) in [5, 5.41) is 0. The quantitative estimate of drug-likeness (QED) is 0.231. The van der Waals surface area contributed by atoms with Gasteiger partial charge in [-0.1, -0.05) is 52.2 Å². The summed E-state index contributed by atoms with van der Waals surface area (Å²) in [6.07, 6.45) is 15.1. The van der Waals surface area contributed by atoms with E-state index in [0.29, 0.717) is 41.4 Å². The predicted octanol–water partition coefficient (Wildman–Crippen LogP) is 6.60. The fourth-order valence-corrected chi connectivity index (χ4v) is 11.1. The van der Waals surface area contributed by atoms with E-state index in [1.165, 1.54) is 25.7 Å². The van der Waals surface area contributed by atoms with E-state index in [9.17, 15) is 14.4 Å². The third-order valence-electron chi connectivity index (χ3n) is 12.7. The smallest absolute Gasteiger partial charge is 0.306 e. The van der Waals surface area contributed by atoms with Gasteiger partial charge in [0.1, 0.15) is 12.4 Å². The van der Waals surface area contributed by atoms with Gasteiger partial charge in [-0.15, -0.1) is 0 Å². The maximum atomic E-state index is 13.7. The zero-order valence-corrected chi connectivity index (χ0v) is 24.8. The first-order valence-corrected chi connectivity index (χ1v) is 15.5. The van der Waals surface area contributed by atoms with E-state index in [1.54, 1.807) is 5.57 Å². The molecule has 0 heterocycles. The lowest BCUT2D eigenvalue weighted by atomic mass is 9.38. The Morgan fingerprint density at radius 3 is 2.47 bits per heavy atom. The molecule has 4 saturated carbocycles. The largest absolute Gasteiger partial charge is 0.462 e. The summed E-state index contributed by atoms with van der Waals surface area (Å²) in [6, 6.07) is 0. The molecule has 5 aliphatic carbocycles. The Morgan fingerprint density at radius 2 is 1.76 bits per heavy atom. The van der Waals surface area contributed by atoms with Crippen molar-refractivity contribution in [2.45, 2.75) is 111 Å². The molecule has 0 radical (unpaired) electrons. The third kappa shape index (κ3) is 4.12. The number of hydrogen-bond donors (Lipinski definition) is 0. The Balaban J connectivity index is 1.42. The molecular formula is C33H51NO4. The molecular weight excluding hydrogens is 474 g/mol. The van der Waals surface area contributed by atoms with Crippen LogP contribution in [-0.4, -0.2) is 43.3 Å². The summed E-state index contributed by atoms with van der Waals surface area (Å²) in [5.74, 6) is 3.23. The Labute approximate surface area is 230 Å². The molecule has 0 aromatic heterocycles. The van der Waals surface area contributed by atoms with Crippen molar-refractivity contribution in [3.8, 4) is 0 Å². The molecule has 0 N–H and O–H groups in total. The van der Waals surface area contributed by atoms with Crippen LogP contribution in [0.2, 0.25) is 0 Å². The van der Waals surface area contributed by atoms with Gasteiger partial charge >= 0.3 is 5.97 Å². The number of hydrogen-bond acceptors (Lipinski definition) is 4. The van der Waals surface area contributed by atoms with Crippen LogP contribution in [-0.2, 0) is 19.1 Å². The summed E-state index contributed by atoms with van der Waals surface area (Å²) in [7, 11) is 3.90. The van der Waals surface area contributed by atoms with Crippen molar-refractivity contribution in [3.05, 3.63) is 11.6 Å². The van der Waals surface area contributed by atoms with E-state index in [2.05, 4.69) is 33.8 Å². The number of nitrogens with zero attached hydrogens (tertiary/aromatic N) is 1. The molecule has 0 spiro atoms. The molecule has 5 heteroatoms. The zero-order chi connectivity index (χ0) is 27.5. The maximum absolute atomic E-state index is 13.7. The molecule has 0 bridgehead atoms. The minimum Gasteiger partial charge on any atom is -0.462 e. The van der Waals surface area contributed by atoms with Gasteiger partial charge in [-0.25, -0.2) is 0 Å². The lowest BCUT2D eigenvalue weighted by Gasteiger charge is -2.66. The first kappa shape index (κ1) is 27.9. The van der Waals surface area contributed by atoms with Crippen LogP contribution >= 0.6 is 0 Å². The molecule has 0 saturated heterocycles. The summed E-state index contributed by atoms with van der Waals surface area (Å²) in [6.45, 7) is 9.86. The van der Waals surface area contributed by atoms with Crippen molar-refractivity contribution in [2.75, 3.05) is 14.1 Å². The molecule has 10 atom stereocenters. The highest BCUT2D eigenvalue weighted by molar-refractivity contribution is 5.83. The number of esters is 1. The van der Waals surface area contributed by atoms with E-state index in [-0.39, 0.29) is 41.2 Å². The number of carbonyl (C=O) groups is 3. The molecule has 0 aromatic rings. The molecule has 212 valence electrons. The second-order valence-corrected chi connectivity index (χ2v) is 14.6. The van der Waals surface area contributed by atoms with E-state index < -0.39 is 0 Å². The normalized spacial score (nSPS) is 45.8.